The van der Waals surface area contributed by atoms with Crippen LogP contribution in [0.4, 0.5) is 42.1 Å². The lowest BCUT2D eigenvalue weighted by atomic mass is 10.2. The zero-order valence-corrected chi connectivity index (χ0v) is 18.2. The van der Waals surface area contributed by atoms with Gasteiger partial charge in [-0.3, -0.25) is 19.6 Å². The third-order valence-corrected chi connectivity index (χ3v) is 4.83. The first-order valence-corrected chi connectivity index (χ1v) is 9.91. The van der Waals surface area contributed by atoms with Crippen molar-refractivity contribution < 1.29 is 45.2 Å². The van der Waals surface area contributed by atoms with Gasteiger partial charge in [0.15, 0.2) is 0 Å². The molecular formula is C20H12ClF7N4O4. The van der Waals surface area contributed by atoms with Crippen LogP contribution in [-0.2, 0) is 17.5 Å². The lowest BCUT2D eigenvalue weighted by Gasteiger charge is -2.12. The zero-order valence-electron chi connectivity index (χ0n) is 17.4. The van der Waals surface area contributed by atoms with Crippen molar-refractivity contribution in [2.75, 3.05) is 5.32 Å². The molecule has 192 valence electrons. The van der Waals surface area contributed by atoms with E-state index in [9.17, 15) is 45.6 Å². The van der Waals surface area contributed by atoms with Crippen molar-refractivity contribution in [3.05, 3.63) is 74.6 Å². The number of halogens is 8. The summed E-state index contributed by atoms with van der Waals surface area (Å²) in [6, 6.07) is 6.35. The highest BCUT2D eigenvalue weighted by atomic mass is 35.5. The fourth-order valence-electron chi connectivity index (χ4n) is 2.97. The Morgan fingerprint density at radius 2 is 1.81 bits per heavy atom. The van der Waals surface area contributed by atoms with Crippen molar-refractivity contribution in [2.24, 2.45) is 0 Å². The molecule has 3 rings (SSSR count). The van der Waals surface area contributed by atoms with E-state index >= 15 is 0 Å². The Bertz CT molecular complexity index is 1300. The Balaban J connectivity index is 1.87. The summed E-state index contributed by atoms with van der Waals surface area (Å²) < 4.78 is 96.7. The average Bonchev–Trinajstić information content (AvgIpc) is 3.09. The molecule has 2 aromatic carbocycles. The van der Waals surface area contributed by atoms with E-state index in [2.05, 4.69) is 10.4 Å². The van der Waals surface area contributed by atoms with E-state index in [0.29, 0.717) is 6.07 Å². The number of nitro groups is 1. The molecule has 0 aliphatic rings. The Morgan fingerprint density at radius 1 is 1.11 bits per heavy atom. The molecular weight excluding hydrogens is 529 g/mol. The molecule has 0 aliphatic heterocycles. The van der Waals surface area contributed by atoms with Crippen LogP contribution in [0.15, 0.2) is 42.5 Å². The molecule has 0 fully saturated rings. The summed E-state index contributed by atoms with van der Waals surface area (Å²) >= 11 is 5.52. The van der Waals surface area contributed by atoms with E-state index in [-0.39, 0.29) is 21.9 Å². The topological polar surface area (TPSA) is 99.3 Å². The van der Waals surface area contributed by atoms with E-state index in [1.165, 1.54) is 0 Å². The number of nitrogens with zero attached hydrogens (tertiary/aromatic N) is 3. The number of nitrogens with one attached hydrogen (secondary N) is 1. The molecule has 16 heteroatoms. The Morgan fingerprint density at radius 3 is 2.39 bits per heavy atom. The molecule has 0 spiro atoms. The van der Waals surface area contributed by atoms with Gasteiger partial charge in [-0.2, -0.15) is 18.3 Å². The lowest BCUT2D eigenvalue weighted by molar-refractivity contribution is -0.384. The van der Waals surface area contributed by atoms with Crippen molar-refractivity contribution in [1.29, 1.82) is 0 Å². The van der Waals surface area contributed by atoms with Crippen molar-refractivity contribution in [2.45, 2.75) is 25.6 Å². The van der Waals surface area contributed by atoms with Crippen molar-refractivity contribution >= 4 is 28.9 Å². The molecule has 36 heavy (non-hydrogen) atoms. The average molecular weight is 541 g/mol. The Kier molecular flexibility index (Phi) is 7.71. The number of aromatic nitrogens is 2. The van der Waals surface area contributed by atoms with E-state index < -0.39 is 64.1 Å². The third-order valence-electron chi connectivity index (χ3n) is 4.45. The van der Waals surface area contributed by atoms with Crippen LogP contribution >= 0.6 is 11.6 Å². The Hall–Kier alpha value is -3.88. The number of carbonyl (C=O) groups is 1. The van der Waals surface area contributed by atoms with Crippen LogP contribution in [-0.4, -0.2) is 20.6 Å². The van der Waals surface area contributed by atoms with E-state index in [1.807, 2.05) is 0 Å². The summed E-state index contributed by atoms with van der Waals surface area (Å²) in [6.07, 6.45) is -11.3. The highest BCUT2D eigenvalue weighted by Crippen LogP contribution is 2.36. The van der Waals surface area contributed by atoms with E-state index in [4.69, 9.17) is 16.3 Å². The monoisotopic (exact) mass is 540 g/mol. The van der Waals surface area contributed by atoms with E-state index in [1.54, 1.807) is 0 Å². The first-order valence-electron chi connectivity index (χ1n) is 9.53. The first kappa shape index (κ1) is 26.7. The number of nitro benzene ring substituents is 1. The van der Waals surface area contributed by atoms with Gasteiger partial charge in [-0.25, -0.2) is 17.6 Å². The van der Waals surface area contributed by atoms with Gasteiger partial charge in [0.05, 0.1) is 27.3 Å². The molecule has 1 aromatic heterocycles. The maximum Gasteiger partial charge on any atom is 0.416 e. The number of anilines is 1. The fourth-order valence-corrected chi connectivity index (χ4v) is 3.27. The van der Waals surface area contributed by atoms with Gasteiger partial charge in [0.2, 0.25) is 5.91 Å². The normalized spacial score (nSPS) is 11.7. The maximum atomic E-state index is 13.3. The van der Waals surface area contributed by atoms with Crippen LogP contribution in [0.25, 0.3) is 0 Å². The predicted octanol–water partition coefficient (Wildman–Crippen LogP) is 6.77. The molecule has 0 aliphatic carbocycles. The highest BCUT2D eigenvalue weighted by Gasteiger charge is 2.31. The molecule has 1 heterocycles. The van der Waals surface area contributed by atoms with Gasteiger partial charge in [-0.05, 0) is 18.2 Å². The first-order chi connectivity index (χ1) is 16.8. The number of carbonyl (C=O) groups excluding carboxylic acids is 1. The van der Waals surface area contributed by atoms with Gasteiger partial charge in [0.25, 0.3) is 18.5 Å². The third kappa shape index (κ3) is 6.21. The van der Waals surface area contributed by atoms with Crippen molar-refractivity contribution in [3.63, 3.8) is 0 Å². The second kappa shape index (κ2) is 10.4. The fraction of sp³-hybridized carbons (Fsp3) is 0.200. The molecule has 0 atom stereocenters. The number of hydrogen-bond donors (Lipinski definition) is 1. The van der Waals surface area contributed by atoms with Crippen LogP contribution in [0.3, 0.4) is 0 Å². The number of ether oxygens (including phenoxy) is 1. The predicted molar refractivity (Wildman–Crippen MR) is 110 cm³/mol. The molecule has 0 bridgehead atoms. The van der Waals surface area contributed by atoms with Gasteiger partial charge in [-0.1, -0.05) is 17.7 Å². The Labute approximate surface area is 201 Å². The van der Waals surface area contributed by atoms with Crippen LogP contribution in [0, 0.1) is 10.1 Å². The largest absolute Gasteiger partial charge is 0.457 e. The van der Waals surface area contributed by atoms with Crippen molar-refractivity contribution in [3.8, 4) is 11.5 Å². The van der Waals surface area contributed by atoms with Gasteiger partial charge in [0.1, 0.15) is 29.4 Å². The SMILES string of the molecule is O=C(Cn1nc(C(F)F)c(Cl)c1C(F)F)Nc1cc(Oc2cccc(C(F)(F)F)c2)cc([N+](=O)[O-])c1. The summed E-state index contributed by atoms with van der Waals surface area (Å²) in [5, 5.41) is 15.6. The molecule has 0 radical (unpaired) electrons. The smallest absolute Gasteiger partial charge is 0.416 e. The van der Waals surface area contributed by atoms with Crippen LogP contribution < -0.4 is 10.1 Å². The molecule has 3 aromatic rings. The van der Waals surface area contributed by atoms with Crippen LogP contribution in [0.2, 0.25) is 5.02 Å². The number of benzene rings is 2. The number of non-ortho nitro benzene ring substituents is 1. The van der Waals surface area contributed by atoms with Gasteiger partial charge < -0.3 is 10.1 Å². The summed E-state index contributed by atoms with van der Waals surface area (Å²) in [4.78, 5) is 22.7. The lowest BCUT2D eigenvalue weighted by Crippen LogP contribution is -2.21. The highest BCUT2D eigenvalue weighted by molar-refractivity contribution is 6.32. The van der Waals surface area contributed by atoms with E-state index in [0.717, 1.165) is 36.4 Å². The molecule has 1 amide bonds. The molecule has 0 unspecified atom stereocenters. The second-order valence-electron chi connectivity index (χ2n) is 6.99. The summed E-state index contributed by atoms with van der Waals surface area (Å²) in [5.74, 6) is -1.77. The van der Waals surface area contributed by atoms with Crippen LogP contribution in [0.5, 0.6) is 11.5 Å². The second-order valence-corrected chi connectivity index (χ2v) is 7.37. The van der Waals surface area contributed by atoms with Gasteiger partial charge in [0, 0.05) is 12.1 Å². The summed E-state index contributed by atoms with van der Waals surface area (Å²) in [5.41, 5.74) is -4.27. The number of rotatable bonds is 8. The molecule has 0 saturated heterocycles. The molecule has 8 nitrogen and oxygen atoms in total. The van der Waals surface area contributed by atoms with Gasteiger partial charge in [-0.15, -0.1) is 0 Å². The quantitative estimate of drug-likeness (QED) is 0.193. The van der Waals surface area contributed by atoms with Gasteiger partial charge >= 0.3 is 6.18 Å². The van der Waals surface area contributed by atoms with Crippen LogP contribution in [0.1, 0.15) is 29.8 Å². The minimum atomic E-state index is -4.68. The number of hydrogen-bond acceptors (Lipinski definition) is 5. The maximum absolute atomic E-state index is 13.3. The van der Waals surface area contributed by atoms with Crippen molar-refractivity contribution in [1.82, 2.24) is 9.78 Å². The minimum absolute atomic E-state index is 0.265. The minimum Gasteiger partial charge on any atom is -0.457 e. The zero-order chi connectivity index (χ0) is 26.8. The number of amides is 1. The number of alkyl halides is 7. The molecule has 1 N–H and O–H groups in total. The standard InChI is InChI=1S/C20H12ClF7N4O4/c21-15-16(18(22)23)30-31(17(15)19(24)25)8-14(33)29-10-5-11(32(34)35)7-13(6-10)36-12-3-1-2-9(4-12)20(26,27)28/h1-7,18-19H,8H2,(H,29,33). The summed E-state index contributed by atoms with van der Waals surface area (Å²) in [6.45, 7) is -1.02. The summed E-state index contributed by atoms with van der Waals surface area (Å²) in [7, 11) is 0. The molecule has 0 saturated carbocycles.